The molecule has 1 heterocycles. The van der Waals surface area contributed by atoms with E-state index in [-0.39, 0.29) is 29.0 Å². The predicted molar refractivity (Wildman–Crippen MR) is 151 cm³/mol. The fraction of sp³-hybridized carbons (Fsp3) is 0.710. The molecule has 4 aliphatic carbocycles. The second kappa shape index (κ2) is 10.9. The molecule has 3 N–H and O–H groups in total. The highest BCUT2D eigenvalue weighted by Gasteiger charge is 2.65. The fourth-order valence-corrected chi connectivity index (χ4v) is 8.98. The molecule has 1 aromatic rings. The molecule has 0 saturated heterocycles. The van der Waals surface area contributed by atoms with Crippen LogP contribution in [0, 0.1) is 34.5 Å². The number of aliphatic hydroxyl groups excluding tert-OH is 1. The van der Waals surface area contributed by atoms with E-state index in [1.54, 1.807) is 0 Å². The lowest BCUT2D eigenvalue weighted by molar-refractivity contribution is -0.166. The summed E-state index contributed by atoms with van der Waals surface area (Å²) in [7, 11) is 0. The number of imide groups is 1. The van der Waals surface area contributed by atoms with E-state index in [2.05, 4.69) is 39.9 Å². The quantitative estimate of drug-likeness (QED) is 0.347. The van der Waals surface area contributed by atoms with E-state index < -0.39 is 30.4 Å². The molecule has 4 saturated carbocycles. The zero-order valence-corrected chi connectivity index (χ0v) is 24.6. The van der Waals surface area contributed by atoms with Crippen molar-refractivity contribution < 1.29 is 32.7 Å². The number of hydrogen-bond acceptors (Lipinski definition) is 7. The Bertz CT molecular complexity index is 1310. The van der Waals surface area contributed by atoms with Crippen molar-refractivity contribution in [1.29, 1.82) is 0 Å². The van der Waals surface area contributed by atoms with Gasteiger partial charge in [0.25, 0.3) is 5.91 Å². The summed E-state index contributed by atoms with van der Waals surface area (Å²) in [4.78, 5) is 29.7. The van der Waals surface area contributed by atoms with Crippen molar-refractivity contribution in [3.8, 4) is 0 Å². The average Bonchev–Trinajstić information content (AvgIpc) is 3.73. The maximum absolute atomic E-state index is 13.1. The third kappa shape index (κ3) is 5.33. The van der Waals surface area contributed by atoms with E-state index >= 15 is 0 Å². The lowest BCUT2D eigenvalue weighted by Gasteiger charge is -2.60. The number of rotatable bonds is 6. The number of fused-ring (bicyclic) bond motifs is 5. The van der Waals surface area contributed by atoms with Gasteiger partial charge in [0.2, 0.25) is 0 Å². The van der Waals surface area contributed by atoms with Gasteiger partial charge >= 0.3 is 17.9 Å². The number of alkyl halides is 3. The van der Waals surface area contributed by atoms with Crippen LogP contribution in [0.4, 0.5) is 18.0 Å². The van der Waals surface area contributed by atoms with Crippen LogP contribution in [0.15, 0.2) is 39.6 Å². The Morgan fingerprint density at radius 1 is 1.02 bits per heavy atom. The molecule has 7 atom stereocenters. The number of carbonyl (C=O) groups is 2. The Kier molecular flexibility index (Phi) is 7.58. The molecule has 6 rings (SSSR count). The van der Waals surface area contributed by atoms with Gasteiger partial charge in [0.05, 0.1) is 11.8 Å². The number of aliphatic hydroxyl groups is 1. The third-order valence-electron chi connectivity index (χ3n) is 11.6. The van der Waals surface area contributed by atoms with Gasteiger partial charge in [0, 0.05) is 12.1 Å². The monoisotopic (exact) mass is 603 g/mol. The number of halogens is 3. The standard InChI is InChI=1S/C31H40F3N5O4/c1-28-13-11-21(15-20(28)7-8-22-23-9-10-25(40)29(23,2)14-12-24(22)28)37-43-17-26(41)36-27(42)35-16-18-3-5-19(6-4-18)30(38-39-30)31(32,33)34/h3-6,20,22-25,40H,7-17H2,1-2H3,(H2,35,36,41,42)/b37-21+. The highest BCUT2D eigenvalue weighted by Crippen LogP contribution is 2.66. The maximum Gasteiger partial charge on any atom is 0.442 e. The lowest BCUT2D eigenvalue weighted by Crippen LogP contribution is -2.54. The Balaban J connectivity index is 0.939. The number of nitrogens with zero attached hydrogens (tertiary/aromatic N) is 3. The van der Waals surface area contributed by atoms with Crippen molar-refractivity contribution in [3.05, 3.63) is 35.4 Å². The first-order chi connectivity index (χ1) is 20.4. The van der Waals surface area contributed by atoms with Gasteiger partial charge in [-0.3, -0.25) is 10.1 Å². The molecule has 9 nitrogen and oxygen atoms in total. The maximum atomic E-state index is 13.1. The topological polar surface area (TPSA) is 125 Å². The molecular weight excluding hydrogens is 563 g/mol. The normalized spacial score (nSPS) is 36.7. The minimum absolute atomic E-state index is 0.0123. The van der Waals surface area contributed by atoms with Crippen molar-refractivity contribution in [2.75, 3.05) is 6.61 Å². The van der Waals surface area contributed by atoms with Crippen LogP contribution >= 0.6 is 0 Å². The van der Waals surface area contributed by atoms with Crippen LogP contribution in [-0.2, 0) is 21.8 Å². The second-order valence-electron chi connectivity index (χ2n) is 13.7. The van der Waals surface area contributed by atoms with Crippen LogP contribution < -0.4 is 10.6 Å². The van der Waals surface area contributed by atoms with Crippen molar-refractivity contribution in [2.45, 2.75) is 96.1 Å². The van der Waals surface area contributed by atoms with E-state index in [1.807, 2.05) is 0 Å². The number of urea groups is 1. The lowest BCUT2D eigenvalue weighted by atomic mass is 9.45. The molecule has 0 radical (unpaired) electrons. The van der Waals surface area contributed by atoms with Crippen LogP contribution in [0.25, 0.3) is 0 Å². The summed E-state index contributed by atoms with van der Waals surface area (Å²) < 4.78 is 39.4. The molecule has 4 fully saturated rings. The highest BCUT2D eigenvalue weighted by atomic mass is 19.4. The molecule has 12 heteroatoms. The summed E-state index contributed by atoms with van der Waals surface area (Å²) in [5.41, 5.74) is -0.735. The molecule has 0 spiro atoms. The van der Waals surface area contributed by atoms with Crippen LogP contribution in [0.2, 0.25) is 0 Å². The van der Waals surface area contributed by atoms with Crippen molar-refractivity contribution >= 4 is 17.6 Å². The molecule has 5 aliphatic rings. The van der Waals surface area contributed by atoms with Crippen LogP contribution in [0.3, 0.4) is 0 Å². The van der Waals surface area contributed by atoms with Crippen molar-refractivity contribution in [3.63, 3.8) is 0 Å². The highest BCUT2D eigenvalue weighted by molar-refractivity contribution is 5.95. The predicted octanol–water partition coefficient (Wildman–Crippen LogP) is 5.97. The summed E-state index contributed by atoms with van der Waals surface area (Å²) in [5.74, 6) is 1.88. The van der Waals surface area contributed by atoms with Gasteiger partial charge in [-0.2, -0.15) is 13.2 Å². The molecule has 1 aromatic carbocycles. The minimum atomic E-state index is -4.60. The Morgan fingerprint density at radius 2 is 1.74 bits per heavy atom. The van der Waals surface area contributed by atoms with Crippen molar-refractivity contribution in [1.82, 2.24) is 10.6 Å². The first-order valence-electron chi connectivity index (χ1n) is 15.4. The Morgan fingerprint density at radius 3 is 2.44 bits per heavy atom. The Hall–Kier alpha value is -3.02. The first kappa shape index (κ1) is 30.0. The molecule has 43 heavy (non-hydrogen) atoms. The molecule has 1 aliphatic heterocycles. The summed E-state index contributed by atoms with van der Waals surface area (Å²) >= 11 is 0. The second-order valence-corrected chi connectivity index (χ2v) is 13.7. The van der Waals surface area contributed by atoms with Gasteiger partial charge in [-0.1, -0.05) is 43.3 Å². The van der Waals surface area contributed by atoms with E-state index in [4.69, 9.17) is 4.84 Å². The van der Waals surface area contributed by atoms with Crippen LogP contribution in [0.1, 0.15) is 82.8 Å². The number of hydrogen-bond donors (Lipinski definition) is 3. The summed E-state index contributed by atoms with van der Waals surface area (Å²) in [6, 6.07) is 4.68. The summed E-state index contributed by atoms with van der Waals surface area (Å²) in [5, 5.41) is 26.0. The summed E-state index contributed by atoms with van der Waals surface area (Å²) in [6.07, 6.45) is 4.69. The molecular formula is C31H40F3N5O4. The number of nitrogens with one attached hydrogen (secondary N) is 2. The Labute approximate surface area is 249 Å². The van der Waals surface area contributed by atoms with Gasteiger partial charge in [-0.25, -0.2) is 4.79 Å². The van der Waals surface area contributed by atoms with Crippen molar-refractivity contribution in [2.24, 2.45) is 49.9 Å². The first-order valence-corrected chi connectivity index (χ1v) is 15.4. The van der Waals surface area contributed by atoms with Crippen LogP contribution in [-0.4, -0.2) is 41.6 Å². The molecule has 7 unspecified atom stereocenters. The van der Waals surface area contributed by atoms with Gasteiger partial charge in [-0.15, -0.1) is 10.2 Å². The fourth-order valence-electron chi connectivity index (χ4n) is 8.98. The minimum Gasteiger partial charge on any atom is -0.393 e. The zero-order valence-electron chi connectivity index (χ0n) is 24.6. The van der Waals surface area contributed by atoms with Gasteiger partial charge in [0.1, 0.15) is 0 Å². The zero-order chi connectivity index (χ0) is 30.6. The number of oxime groups is 1. The smallest absolute Gasteiger partial charge is 0.393 e. The molecule has 234 valence electrons. The molecule has 0 bridgehead atoms. The number of amides is 3. The number of benzene rings is 1. The molecule has 0 aromatic heterocycles. The van der Waals surface area contributed by atoms with E-state index in [0.29, 0.717) is 29.2 Å². The SMILES string of the molecule is CC12CCC3C(CCC4C/C(=N/OCC(=O)NC(=O)NCc5ccc(C6(C(F)(F)F)N=N6)cc5)CCC43C)C1CCC2O. The third-order valence-corrected chi connectivity index (χ3v) is 11.6. The van der Waals surface area contributed by atoms with Gasteiger partial charge in [0.15, 0.2) is 6.61 Å². The molecule has 3 amide bonds. The van der Waals surface area contributed by atoms with E-state index in [1.165, 1.54) is 37.1 Å². The van der Waals surface area contributed by atoms with Gasteiger partial charge < -0.3 is 15.3 Å². The average molecular weight is 604 g/mol. The van der Waals surface area contributed by atoms with Crippen LogP contribution in [0.5, 0.6) is 0 Å². The van der Waals surface area contributed by atoms with E-state index in [0.717, 1.165) is 50.7 Å². The largest absolute Gasteiger partial charge is 0.442 e. The van der Waals surface area contributed by atoms with E-state index in [9.17, 15) is 27.9 Å². The summed E-state index contributed by atoms with van der Waals surface area (Å²) in [6.45, 7) is 4.38. The number of carbonyl (C=O) groups excluding carboxylic acids is 2. The van der Waals surface area contributed by atoms with Gasteiger partial charge in [-0.05, 0) is 97.9 Å².